The van der Waals surface area contributed by atoms with Crippen LogP contribution in [0.4, 0.5) is 15.8 Å². The van der Waals surface area contributed by atoms with Gasteiger partial charge >= 0.3 is 5.97 Å². The van der Waals surface area contributed by atoms with Crippen molar-refractivity contribution >= 4 is 23.3 Å². The Labute approximate surface area is 128 Å². The molecule has 1 aromatic rings. The van der Waals surface area contributed by atoms with E-state index in [0.717, 1.165) is 0 Å². The number of rotatable bonds is 3. The van der Waals surface area contributed by atoms with E-state index in [1.54, 1.807) is 6.92 Å². The Morgan fingerprint density at radius 3 is 2.64 bits per heavy atom. The van der Waals surface area contributed by atoms with Gasteiger partial charge in [-0.25, -0.2) is 4.39 Å². The van der Waals surface area contributed by atoms with Crippen LogP contribution < -0.4 is 11.5 Å². The molecule has 1 amide bonds. The Morgan fingerprint density at radius 2 is 2.05 bits per heavy atom. The van der Waals surface area contributed by atoms with E-state index in [1.165, 1.54) is 24.0 Å². The lowest BCUT2D eigenvalue weighted by Gasteiger charge is -2.19. The summed E-state index contributed by atoms with van der Waals surface area (Å²) in [6.45, 7) is 3.81. The number of nitrogens with two attached hydrogens (primary N) is 2. The lowest BCUT2D eigenvalue weighted by atomic mass is 9.88. The van der Waals surface area contributed by atoms with Crippen LogP contribution in [0.25, 0.3) is 0 Å². The fourth-order valence-corrected chi connectivity index (χ4v) is 2.78. The van der Waals surface area contributed by atoms with E-state index in [9.17, 15) is 14.0 Å². The fourth-order valence-electron chi connectivity index (χ4n) is 2.78. The van der Waals surface area contributed by atoms with Crippen LogP contribution in [0.3, 0.4) is 0 Å². The Bertz CT molecular complexity index is 606. The first-order chi connectivity index (χ1) is 10.4. The van der Waals surface area contributed by atoms with Gasteiger partial charge in [-0.2, -0.15) is 0 Å². The van der Waals surface area contributed by atoms with Crippen LogP contribution in [0.15, 0.2) is 12.1 Å². The number of carbonyl (C=O) groups is 2. The Balaban J connectivity index is 2.39. The predicted molar refractivity (Wildman–Crippen MR) is 80.3 cm³/mol. The summed E-state index contributed by atoms with van der Waals surface area (Å²) in [5, 5.41) is 0. The number of hydrogen-bond donors (Lipinski definition) is 2. The van der Waals surface area contributed by atoms with Gasteiger partial charge in [0.15, 0.2) is 5.82 Å². The smallest absolute Gasteiger partial charge is 0.311 e. The highest BCUT2D eigenvalue weighted by atomic mass is 19.1. The number of nitrogens with zero attached hydrogens (tertiary/aromatic N) is 1. The second kappa shape index (κ2) is 6.21. The van der Waals surface area contributed by atoms with Crippen LogP contribution in [-0.2, 0) is 14.3 Å². The molecule has 0 spiro atoms. The van der Waals surface area contributed by atoms with Crippen molar-refractivity contribution in [3.63, 3.8) is 0 Å². The number of ether oxygens (including phenoxy) is 1. The minimum absolute atomic E-state index is 0.138. The summed E-state index contributed by atoms with van der Waals surface area (Å²) in [4.78, 5) is 25.2. The maximum atomic E-state index is 14.4. The van der Waals surface area contributed by atoms with Gasteiger partial charge in [0.05, 0.1) is 23.9 Å². The van der Waals surface area contributed by atoms with Crippen LogP contribution in [-0.4, -0.2) is 36.5 Å². The first-order valence-corrected chi connectivity index (χ1v) is 7.12. The van der Waals surface area contributed by atoms with E-state index in [4.69, 9.17) is 16.2 Å². The SMILES string of the molecule is CCOC(=O)C1CN(C(C)=O)CC1c1ccc(N)c(N)c1F. The molecule has 0 saturated carbocycles. The van der Waals surface area contributed by atoms with Crippen molar-refractivity contribution in [1.82, 2.24) is 4.90 Å². The standard InChI is InChI=1S/C15H20FN3O3/c1-3-22-15(21)11-7-19(8(2)20)6-10(11)9-4-5-12(17)14(18)13(9)16/h4-5,10-11H,3,6-7,17-18H2,1-2H3. The number of hydrogen-bond acceptors (Lipinski definition) is 5. The highest BCUT2D eigenvalue weighted by molar-refractivity contribution is 5.79. The van der Waals surface area contributed by atoms with E-state index < -0.39 is 23.6 Å². The van der Waals surface area contributed by atoms with Gasteiger partial charge in [-0.05, 0) is 18.6 Å². The maximum Gasteiger partial charge on any atom is 0.311 e. The summed E-state index contributed by atoms with van der Waals surface area (Å²) >= 11 is 0. The van der Waals surface area contributed by atoms with Gasteiger partial charge in [0, 0.05) is 25.9 Å². The van der Waals surface area contributed by atoms with Crippen molar-refractivity contribution < 1.29 is 18.7 Å². The van der Waals surface area contributed by atoms with Crippen molar-refractivity contribution in [3.05, 3.63) is 23.5 Å². The number of likely N-dealkylation sites (tertiary alicyclic amines) is 1. The zero-order valence-corrected chi connectivity index (χ0v) is 12.6. The molecule has 1 fully saturated rings. The summed E-state index contributed by atoms with van der Waals surface area (Å²) in [5.74, 6) is -2.34. The number of carbonyl (C=O) groups excluding carboxylic acids is 2. The Morgan fingerprint density at radius 1 is 1.36 bits per heavy atom. The molecule has 0 radical (unpaired) electrons. The van der Waals surface area contributed by atoms with Crippen LogP contribution in [0, 0.1) is 11.7 Å². The molecule has 6 nitrogen and oxygen atoms in total. The van der Waals surface area contributed by atoms with E-state index in [-0.39, 0.29) is 42.5 Å². The molecular weight excluding hydrogens is 289 g/mol. The number of anilines is 2. The van der Waals surface area contributed by atoms with Crippen LogP contribution in [0.5, 0.6) is 0 Å². The first kappa shape index (κ1) is 16.1. The predicted octanol–water partition coefficient (Wildman–Crippen LogP) is 1.12. The average molecular weight is 309 g/mol. The van der Waals surface area contributed by atoms with Gasteiger partial charge in [-0.3, -0.25) is 9.59 Å². The minimum atomic E-state index is -0.635. The van der Waals surface area contributed by atoms with Gasteiger partial charge in [-0.1, -0.05) is 6.07 Å². The van der Waals surface area contributed by atoms with Crippen molar-refractivity contribution in [2.45, 2.75) is 19.8 Å². The van der Waals surface area contributed by atoms with E-state index in [0.29, 0.717) is 0 Å². The third-order valence-corrected chi connectivity index (χ3v) is 4.00. The van der Waals surface area contributed by atoms with E-state index >= 15 is 0 Å². The lowest BCUT2D eigenvalue weighted by molar-refractivity contribution is -0.148. The molecule has 2 unspecified atom stereocenters. The van der Waals surface area contributed by atoms with Gasteiger partial charge in [0.2, 0.25) is 5.91 Å². The number of esters is 1. The molecule has 4 N–H and O–H groups in total. The average Bonchev–Trinajstić information content (AvgIpc) is 2.90. The summed E-state index contributed by atoms with van der Waals surface area (Å²) in [7, 11) is 0. The molecule has 0 aromatic heterocycles. The zero-order valence-electron chi connectivity index (χ0n) is 12.6. The highest BCUT2D eigenvalue weighted by Gasteiger charge is 2.41. The lowest BCUT2D eigenvalue weighted by Crippen LogP contribution is -2.28. The molecule has 1 saturated heterocycles. The fraction of sp³-hybridized carbons (Fsp3) is 0.467. The number of benzene rings is 1. The number of amides is 1. The molecule has 1 heterocycles. The zero-order chi connectivity index (χ0) is 16.4. The topological polar surface area (TPSA) is 98.6 Å². The summed E-state index contributed by atoms with van der Waals surface area (Å²) in [5.41, 5.74) is 11.5. The molecule has 1 aliphatic rings. The largest absolute Gasteiger partial charge is 0.466 e. The number of nitrogen functional groups attached to an aromatic ring is 2. The minimum Gasteiger partial charge on any atom is -0.466 e. The third-order valence-electron chi connectivity index (χ3n) is 4.00. The molecule has 1 aromatic carbocycles. The molecule has 7 heteroatoms. The van der Waals surface area contributed by atoms with Crippen LogP contribution in [0.2, 0.25) is 0 Å². The Kier molecular flexibility index (Phi) is 4.54. The maximum absolute atomic E-state index is 14.4. The molecule has 2 rings (SSSR count). The molecular formula is C15H20FN3O3. The highest BCUT2D eigenvalue weighted by Crippen LogP contribution is 2.37. The molecule has 22 heavy (non-hydrogen) atoms. The van der Waals surface area contributed by atoms with Gasteiger partial charge < -0.3 is 21.1 Å². The molecule has 0 aliphatic carbocycles. The van der Waals surface area contributed by atoms with Crippen LogP contribution in [0.1, 0.15) is 25.3 Å². The molecule has 0 bridgehead atoms. The van der Waals surface area contributed by atoms with Crippen molar-refractivity contribution in [2.75, 3.05) is 31.2 Å². The molecule has 1 aliphatic heterocycles. The summed E-state index contributed by atoms with van der Waals surface area (Å²) in [6, 6.07) is 3.02. The van der Waals surface area contributed by atoms with E-state index in [2.05, 4.69) is 0 Å². The molecule has 120 valence electrons. The summed E-state index contributed by atoms with van der Waals surface area (Å²) in [6.07, 6.45) is 0. The van der Waals surface area contributed by atoms with Gasteiger partial charge in [-0.15, -0.1) is 0 Å². The quantitative estimate of drug-likeness (QED) is 0.644. The second-order valence-electron chi connectivity index (χ2n) is 5.36. The summed E-state index contributed by atoms with van der Waals surface area (Å²) < 4.78 is 19.4. The number of halogens is 1. The van der Waals surface area contributed by atoms with Gasteiger partial charge in [0.1, 0.15) is 0 Å². The van der Waals surface area contributed by atoms with Crippen LogP contribution >= 0.6 is 0 Å². The van der Waals surface area contributed by atoms with Crippen molar-refractivity contribution in [3.8, 4) is 0 Å². The van der Waals surface area contributed by atoms with Crippen molar-refractivity contribution in [1.29, 1.82) is 0 Å². The second-order valence-corrected chi connectivity index (χ2v) is 5.36. The Hall–Kier alpha value is -2.31. The van der Waals surface area contributed by atoms with Gasteiger partial charge in [0.25, 0.3) is 0 Å². The third kappa shape index (κ3) is 2.84. The van der Waals surface area contributed by atoms with E-state index in [1.807, 2.05) is 0 Å². The normalized spacial score (nSPS) is 21.0. The first-order valence-electron chi connectivity index (χ1n) is 7.12. The van der Waals surface area contributed by atoms with Crippen molar-refractivity contribution in [2.24, 2.45) is 5.92 Å². The monoisotopic (exact) mass is 309 g/mol. The molecule has 2 atom stereocenters.